The fourth-order valence-corrected chi connectivity index (χ4v) is 3.63. The highest BCUT2D eigenvalue weighted by molar-refractivity contribution is 5.70. The van der Waals surface area contributed by atoms with Crippen LogP contribution in [0.2, 0.25) is 0 Å². The Morgan fingerprint density at radius 3 is 2.78 bits per heavy atom. The van der Waals surface area contributed by atoms with E-state index < -0.39 is 0 Å². The molecule has 0 spiro atoms. The normalized spacial score (nSPS) is 22.8. The molecule has 124 valence electrons. The maximum absolute atomic E-state index is 12.4. The molecule has 1 amide bonds. The summed E-state index contributed by atoms with van der Waals surface area (Å²) in [6.45, 7) is 0.0841. The number of ether oxygens (including phenoxy) is 1. The van der Waals surface area contributed by atoms with Gasteiger partial charge in [0.1, 0.15) is 6.61 Å². The topological polar surface area (TPSA) is 29.5 Å². The molecule has 1 fully saturated rings. The van der Waals surface area contributed by atoms with E-state index in [4.69, 9.17) is 4.74 Å². The zero-order valence-corrected chi connectivity index (χ0v) is 13.4. The van der Waals surface area contributed by atoms with Crippen LogP contribution in [0.5, 0.6) is 0 Å². The van der Waals surface area contributed by atoms with E-state index in [1.807, 2.05) is 35.2 Å². The average Bonchev–Trinajstić information content (AvgIpc) is 2.85. The predicted octanol–water partition coefficient (Wildman–Crippen LogP) is 4.63. The van der Waals surface area contributed by atoms with Crippen LogP contribution in [0, 0.1) is 0 Å². The minimum absolute atomic E-state index is 0.164. The van der Waals surface area contributed by atoms with Gasteiger partial charge in [-0.3, -0.25) is 9.29 Å². The predicted molar refractivity (Wildman–Crippen MR) is 87.8 cm³/mol. The first-order valence-electron chi connectivity index (χ1n) is 8.52. The molecular weight excluding hydrogens is 293 g/mol. The molecule has 0 aromatic heterocycles. The summed E-state index contributed by atoms with van der Waals surface area (Å²) in [5, 5.41) is 0. The van der Waals surface area contributed by atoms with Crippen molar-refractivity contribution in [2.45, 2.75) is 57.2 Å². The summed E-state index contributed by atoms with van der Waals surface area (Å²) in [5.74, 6) is 0. The second-order valence-electron chi connectivity index (χ2n) is 6.42. The van der Waals surface area contributed by atoms with Gasteiger partial charge < -0.3 is 4.74 Å². The average molecular weight is 317 g/mol. The zero-order valence-electron chi connectivity index (χ0n) is 13.4. The standard InChI is InChI=1S/C19H24FNO2/c20-11-5-4-8-16-12-17-9-10-18(13-16)21(17)19(22)23-14-15-6-2-1-3-7-15/h1-3,6-7,12,17-18H,4-5,8-11,13-14H2. The lowest BCUT2D eigenvalue weighted by molar-refractivity contribution is 0.0814. The van der Waals surface area contributed by atoms with Crippen molar-refractivity contribution in [1.29, 1.82) is 0 Å². The molecule has 23 heavy (non-hydrogen) atoms. The molecule has 2 aliphatic rings. The molecule has 1 aromatic carbocycles. The van der Waals surface area contributed by atoms with E-state index in [1.54, 1.807) is 0 Å². The molecular formula is C19H24FNO2. The quantitative estimate of drug-likeness (QED) is 0.565. The third-order valence-electron chi connectivity index (χ3n) is 4.77. The van der Waals surface area contributed by atoms with Gasteiger partial charge in [-0.25, -0.2) is 4.79 Å². The van der Waals surface area contributed by atoms with Crippen LogP contribution < -0.4 is 0 Å². The molecule has 2 aliphatic heterocycles. The molecule has 2 bridgehead atoms. The van der Waals surface area contributed by atoms with Gasteiger partial charge in [-0.05, 0) is 44.1 Å². The number of unbranched alkanes of at least 4 members (excludes halogenated alkanes) is 1. The highest BCUT2D eigenvalue weighted by atomic mass is 19.1. The van der Waals surface area contributed by atoms with Crippen LogP contribution in [0.4, 0.5) is 9.18 Å². The minimum atomic E-state index is -0.238. The van der Waals surface area contributed by atoms with Gasteiger partial charge in [0, 0.05) is 6.04 Å². The molecule has 4 heteroatoms. The number of alkyl halides is 1. The van der Waals surface area contributed by atoms with Crippen molar-refractivity contribution in [1.82, 2.24) is 4.90 Å². The Morgan fingerprint density at radius 2 is 2.04 bits per heavy atom. The fourth-order valence-electron chi connectivity index (χ4n) is 3.63. The monoisotopic (exact) mass is 317 g/mol. The van der Waals surface area contributed by atoms with Gasteiger partial charge in [-0.15, -0.1) is 0 Å². The minimum Gasteiger partial charge on any atom is -0.445 e. The highest BCUT2D eigenvalue weighted by Gasteiger charge is 2.40. The van der Waals surface area contributed by atoms with E-state index in [0.29, 0.717) is 13.0 Å². The van der Waals surface area contributed by atoms with Crippen LogP contribution in [0.3, 0.4) is 0 Å². The fraction of sp³-hybridized carbons (Fsp3) is 0.526. The number of nitrogens with zero attached hydrogens (tertiary/aromatic N) is 1. The lowest BCUT2D eigenvalue weighted by atomic mass is 9.97. The second-order valence-corrected chi connectivity index (χ2v) is 6.42. The first kappa shape index (κ1) is 16.0. The number of halogens is 1. The molecule has 2 unspecified atom stereocenters. The summed E-state index contributed by atoms with van der Waals surface area (Å²) in [6, 6.07) is 10.2. The van der Waals surface area contributed by atoms with Crippen molar-refractivity contribution in [3.8, 4) is 0 Å². The van der Waals surface area contributed by atoms with Gasteiger partial charge in [0.05, 0.1) is 12.7 Å². The number of carbonyl (C=O) groups excluding carboxylic acids is 1. The second kappa shape index (κ2) is 7.62. The smallest absolute Gasteiger partial charge is 0.410 e. The Kier molecular flexibility index (Phi) is 5.31. The van der Waals surface area contributed by atoms with Crippen molar-refractivity contribution in [2.24, 2.45) is 0 Å². The Hall–Kier alpha value is -1.84. The maximum atomic E-state index is 12.4. The number of rotatable bonds is 6. The number of benzene rings is 1. The van der Waals surface area contributed by atoms with Crippen molar-refractivity contribution >= 4 is 6.09 Å². The molecule has 1 saturated heterocycles. The van der Waals surface area contributed by atoms with Gasteiger partial charge in [0.15, 0.2) is 0 Å². The summed E-state index contributed by atoms with van der Waals surface area (Å²) < 4.78 is 17.7. The number of hydrogen-bond acceptors (Lipinski definition) is 2. The molecule has 0 saturated carbocycles. The summed E-state index contributed by atoms with van der Waals surface area (Å²) in [5.41, 5.74) is 2.39. The van der Waals surface area contributed by atoms with Crippen molar-refractivity contribution in [3.63, 3.8) is 0 Å². The van der Waals surface area contributed by atoms with Gasteiger partial charge in [-0.2, -0.15) is 0 Å². The molecule has 3 nitrogen and oxygen atoms in total. The molecule has 2 atom stereocenters. The molecule has 0 radical (unpaired) electrons. The Balaban J connectivity index is 1.55. The van der Waals surface area contributed by atoms with Crippen LogP contribution in [0.25, 0.3) is 0 Å². The Bertz CT molecular complexity index is 558. The Morgan fingerprint density at radius 1 is 1.22 bits per heavy atom. The molecule has 0 aliphatic carbocycles. The lowest BCUT2D eigenvalue weighted by Gasteiger charge is -2.33. The van der Waals surface area contributed by atoms with Crippen LogP contribution in [0.15, 0.2) is 42.0 Å². The van der Waals surface area contributed by atoms with E-state index in [2.05, 4.69) is 6.08 Å². The number of amides is 1. The van der Waals surface area contributed by atoms with Crippen molar-refractivity contribution in [3.05, 3.63) is 47.5 Å². The molecule has 3 rings (SSSR count). The van der Waals surface area contributed by atoms with E-state index >= 15 is 0 Å². The third-order valence-corrected chi connectivity index (χ3v) is 4.77. The van der Waals surface area contributed by atoms with E-state index in [9.17, 15) is 9.18 Å². The summed E-state index contributed by atoms with van der Waals surface area (Å²) in [7, 11) is 0. The maximum Gasteiger partial charge on any atom is 0.410 e. The third kappa shape index (κ3) is 3.92. The lowest BCUT2D eigenvalue weighted by Crippen LogP contribution is -2.43. The first-order valence-corrected chi connectivity index (χ1v) is 8.52. The van der Waals surface area contributed by atoms with Crippen molar-refractivity contribution < 1.29 is 13.9 Å². The van der Waals surface area contributed by atoms with Gasteiger partial charge in [0.25, 0.3) is 0 Å². The van der Waals surface area contributed by atoms with Gasteiger partial charge in [-0.1, -0.05) is 42.0 Å². The van der Waals surface area contributed by atoms with Crippen LogP contribution >= 0.6 is 0 Å². The highest BCUT2D eigenvalue weighted by Crippen LogP contribution is 2.36. The SMILES string of the molecule is O=C(OCc1ccccc1)N1C2C=C(CCCCF)CC1CC2. The van der Waals surface area contributed by atoms with Crippen LogP contribution in [0.1, 0.15) is 44.1 Å². The van der Waals surface area contributed by atoms with Crippen molar-refractivity contribution in [2.75, 3.05) is 6.67 Å². The van der Waals surface area contributed by atoms with E-state index in [1.165, 1.54) is 5.57 Å². The summed E-state index contributed by atoms with van der Waals surface area (Å²) in [4.78, 5) is 14.3. The Labute approximate surface area is 137 Å². The van der Waals surface area contributed by atoms with Gasteiger partial charge >= 0.3 is 6.09 Å². The number of carbonyl (C=O) groups is 1. The summed E-state index contributed by atoms with van der Waals surface area (Å²) >= 11 is 0. The number of fused-ring (bicyclic) bond motifs is 2. The molecule has 0 N–H and O–H groups in total. The van der Waals surface area contributed by atoms with E-state index in [0.717, 1.165) is 37.7 Å². The largest absolute Gasteiger partial charge is 0.445 e. The molecule has 2 heterocycles. The molecule has 1 aromatic rings. The zero-order chi connectivity index (χ0) is 16.1. The van der Waals surface area contributed by atoms with Gasteiger partial charge in [0.2, 0.25) is 0 Å². The first-order chi connectivity index (χ1) is 11.3. The van der Waals surface area contributed by atoms with Crippen LogP contribution in [-0.4, -0.2) is 29.8 Å². The summed E-state index contributed by atoms with van der Waals surface area (Å²) in [6.07, 6.45) is 7.47. The van der Waals surface area contributed by atoms with E-state index in [-0.39, 0.29) is 24.9 Å². The number of hydrogen-bond donors (Lipinski definition) is 0. The van der Waals surface area contributed by atoms with Crippen LogP contribution in [-0.2, 0) is 11.3 Å².